The monoisotopic (exact) mass is 169 g/mol. The molecular weight excluding hydrogens is 158 g/mol. The lowest BCUT2D eigenvalue weighted by Gasteiger charge is -1.93. The molecule has 0 aliphatic heterocycles. The van der Waals surface area contributed by atoms with E-state index in [0.717, 1.165) is 6.42 Å². The lowest BCUT2D eigenvalue weighted by molar-refractivity contribution is 1.31. The minimum absolute atomic E-state index is 1.12. The Morgan fingerprint density at radius 2 is 2.08 bits per heavy atom. The third kappa shape index (κ3) is 2.61. The number of allylic oxidation sites excluding steroid dienone is 2. The van der Waals surface area contributed by atoms with Crippen molar-refractivity contribution in [2.75, 3.05) is 0 Å². The normalized spacial score (nSPS) is 10.7. The van der Waals surface area contributed by atoms with Gasteiger partial charge in [0.25, 0.3) is 0 Å². The third-order valence-corrected chi connectivity index (χ3v) is 1.78. The van der Waals surface area contributed by atoms with Crippen LogP contribution in [-0.4, -0.2) is 0 Å². The molecule has 0 saturated heterocycles. The summed E-state index contributed by atoms with van der Waals surface area (Å²) in [7, 11) is 0. The summed E-state index contributed by atoms with van der Waals surface area (Å²) < 4.78 is 0. The molecule has 0 saturated carbocycles. The average molecular weight is 169 g/mol. The summed E-state index contributed by atoms with van der Waals surface area (Å²) in [4.78, 5) is 0. The van der Waals surface area contributed by atoms with Crippen molar-refractivity contribution >= 4 is 6.08 Å². The number of nitriles is 1. The van der Waals surface area contributed by atoms with Crippen LogP contribution in [-0.2, 0) is 6.42 Å². The molecule has 0 amide bonds. The van der Waals surface area contributed by atoms with Gasteiger partial charge in [-0.15, -0.1) is 0 Å². The van der Waals surface area contributed by atoms with E-state index in [1.165, 1.54) is 17.2 Å². The van der Waals surface area contributed by atoms with Gasteiger partial charge in [0, 0.05) is 6.08 Å². The van der Waals surface area contributed by atoms with Crippen LogP contribution >= 0.6 is 0 Å². The Kier molecular flexibility index (Phi) is 3.53. The fourth-order valence-electron chi connectivity index (χ4n) is 1.20. The van der Waals surface area contributed by atoms with E-state index in [0.29, 0.717) is 0 Å². The van der Waals surface area contributed by atoms with Crippen molar-refractivity contribution in [3.8, 4) is 6.07 Å². The standard InChI is InChI=1S/C9H8.C3H3N/c1-2-5-9-7-3-6-8(9)4-1;1-2-3-4/h1-6H,7H2;2H,1H2. The van der Waals surface area contributed by atoms with Gasteiger partial charge in [-0.1, -0.05) is 43.0 Å². The van der Waals surface area contributed by atoms with E-state index in [2.05, 4.69) is 43.0 Å². The van der Waals surface area contributed by atoms with Gasteiger partial charge in [0.2, 0.25) is 0 Å². The van der Waals surface area contributed by atoms with Gasteiger partial charge in [-0.25, -0.2) is 0 Å². The average Bonchev–Trinajstić information content (AvgIpc) is 2.66. The first-order valence-electron chi connectivity index (χ1n) is 4.13. The number of benzene rings is 1. The van der Waals surface area contributed by atoms with E-state index in [9.17, 15) is 0 Å². The lowest BCUT2D eigenvalue weighted by Crippen LogP contribution is -1.76. The first-order valence-corrected chi connectivity index (χ1v) is 4.13. The number of fused-ring (bicyclic) bond motifs is 1. The summed E-state index contributed by atoms with van der Waals surface area (Å²) in [6.07, 6.45) is 6.68. The van der Waals surface area contributed by atoms with E-state index in [1.54, 1.807) is 6.07 Å². The van der Waals surface area contributed by atoms with Crippen molar-refractivity contribution in [1.29, 1.82) is 5.26 Å². The molecular formula is C12H11N. The summed E-state index contributed by atoms with van der Waals surface area (Å²) in [5.74, 6) is 0. The molecule has 0 N–H and O–H groups in total. The van der Waals surface area contributed by atoms with Crippen LogP contribution in [0.3, 0.4) is 0 Å². The van der Waals surface area contributed by atoms with Crippen molar-refractivity contribution in [1.82, 2.24) is 0 Å². The topological polar surface area (TPSA) is 23.8 Å². The largest absolute Gasteiger partial charge is 0.193 e. The molecule has 0 bridgehead atoms. The Morgan fingerprint density at radius 3 is 2.69 bits per heavy atom. The fourth-order valence-corrected chi connectivity index (χ4v) is 1.20. The molecule has 64 valence electrons. The first-order chi connectivity index (χ1) is 6.38. The Bertz CT molecular complexity index is 356. The minimum Gasteiger partial charge on any atom is -0.193 e. The Morgan fingerprint density at radius 1 is 1.38 bits per heavy atom. The van der Waals surface area contributed by atoms with Gasteiger partial charge in [-0.05, 0) is 17.5 Å². The maximum atomic E-state index is 7.51. The molecule has 2 rings (SSSR count). The quantitative estimate of drug-likeness (QED) is 0.548. The molecule has 0 radical (unpaired) electrons. The maximum absolute atomic E-state index is 7.51. The molecule has 0 atom stereocenters. The zero-order chi connectivity index (χ0) is 9.52. The second kappa shape index (κ2) is 4.95. The Hall–Kier alpha value is -1.81. The van der Waals surface area contributed by atoms with Gasteiger partial charge in [0.1, 0.15) is 0 Å². The zero-order valence-corrected chi connectivity index (χ0v) is 7.40. The van der Waals surface area contributed by atoms with Crippen LogP contribution in [0.5, 0.6) is 0 Å². The second-order valence-corrected chi connectivity index (χ2v) is 2.64. The van der Waals surface area contributed by atoms with E-state index < -0.39 is 0 Å². The van der Waals surface area contributed by atoms with Crippen molar-refractivity contribution in [2.24, 2.45) is 0 Å². The molecule has 1 aromatic rings. The lowest BCUT2D eigenvalue weighted by atomic mass is 10.1. The molecule has 1 aliphatic rings. The van der Waals surface area contributed by atoms with Gasteiger partial charge in [0.05, 0.1) is 6.07 Å². The fraction of sp³-hybridized carbons (Fsp3) is 0.0833. The van der Waals surface area contributed by atoms with Crippen LogP contribution in [0.25, 0.3) is 6.08 Å². The predicted molar refractivity (Wildman–Crippen MR) is 55.0 cm³/mol. The molecule has 0 fully saturated rings. The highest BCUT2D eigenvalue weighted by Crippen LogP contribution is 2.17. The van der Waals surface area contributed by atoms with E-state index in [-0.39, 0.29) is 0 Å². The number of nitrogens with zero attached hydrogens (tertiary/aromatic N) is 1. The SMILES string of the molecule is C1=Cc2ccccc2C1.C=CC#N. The van der Waals surface area contributed by atoms with Gasteiger partial charge >= 0.3 is 0 Å². The number of hydrogen-bond donors (Lipinski definition) is 0. The van der Waals surface area contributed by atoms with Crippen LogP contribution < -0.4 is 0 Å². The van der Waals surface area contributed by atoms with Crippen molar-refractivity contribution < 1.29 is 0 Å². The minimum atomic E-state index is 1.12. The van der Waals surface area contributed by atoms with Crippen molar-refractivity contribution in [2.45, 2.75) is 6.42 Å². The molecule has 0 spiro atoms. The molecule has 13 heavy (non-hydrogen) atoms. The van der Waals surface area contributed by atoms with E-state index in [4.69, 9.17) is 5.26 Å². The van der Waals surface area contributed by atoms with Crippen LogP contribution in [0.2, 0.25) is 0 Å². The van der Waals surface area contributed by atoms with E-state index >= 15 is 0 Å². The molecule has 1 aliphatic carbocycles. The van der Waals surface area contributed by atoms with Gasteiger partial charge in [-0.3, -0.25) is 0 Å². The van der Waals surface area contributed by atoms with Crippen LogP contribution in [0.4, 0.5) is 0 Å². The highest BCUT2D eigenvalue weighted by atomic mass is 14.2. The molecule has 0 aromatic heterocycles. The van der Waals surface area contributed by atoms with Gasteiger partial charge < -0.3 is 0 Å². The van der Waals surface area contributed by atoms with Crippen LogP contribution in [0.1, 0.15) is 11.1 Å². The maximum Gasteiger partial charge on any atom is 0.0905 e. The summed E-state index contributed by atoms with van der Waals surface area (Å²) >= 11 is 0. The number of rotatable bonds is 0. The zero-order valence-electron chi connectivity index (χ0n) is 7.40. The van der Waals surface area contributed by atoms with Crippen LogP contribution in [0.15, 0.2) is 43.0 Å². The van der Waals surface area contributed by atoms with E-state index in [1.807, 2.05) is 0 Å². The molecule has 0 unspecified atom stereocenters. The molecule has 1 nitrogen and oxygen atoms in total. The van der Waals surface area contributed by atoms with Crippen molar-refractivity contribution in [3.05, 3.63) is 54.1 Å². The number of hydrogen-bond acceptors (Lipinski definition) is 1. The summed E-state index contributed by atoms with van der Waals surface area (Å²) in [6, 6.07) is 10.2. The molecule has 1 aromatic carbocycles. The summed E-state index contributed by atoms with van der Waals surface area (Å²) in [5, 5.41) is 7.51. The van der Waals surface area contributed by atoms with Crippen molar-refractivity contribution in [3.63, 3.8) is 0 Å². The van der Waals surface area contributed by atoms with Gasteiger partial charge in [-0.2, -0.15) is 5.26 Å². The highest BCUT2D eigenvalue weighted by molar-refractivity contribution is 5.59. The molecule has 0 heterocycles. The highest BCUT2D eigenvalue weighted by Gasteiger charge is 2.00. The summed E-state index contributed by atoms with van der Waals surface area (Å²) in [5.41, 5.74) is 2.84. The Labute approximate surface area is 78.6 Å². The smallest absolute Gasteiger partial charge is 0.0905 e. The third-order valence-electron chi connectivity index (χ3n) is 1.78. The summed E-state index contributed by atoms with van der Waals surface area (Å²) in [6.45, 7) is 3.12. The van der Waals surface area contributed by atoms with Gasteiger partial charge in [0.15, 0.2) is 0 Å². The van der Waals surface area contributed by atoms with Crippen LogP contribution in [0, 0.1) is 11.3 Å². The Balaban J connectivity index is 0.000000184. The predicted octanol–water partition coefficient (Wildman–Crippen LogP) is 2.95. The first kappa shape index (κ1) is 9.28. The molecule has 1 heteroatoms. The second-order valence-electron chi connectivity index (χ2n) is 2.64.